The Kier molecular flexibility index (Phi) is 5.87. The van der Waals surface area contributed by atoms with Gasteiger partial charge in [-0.05, 0) is 24.3 Å². The van der Waals surface area contributed by atoms with Crippen molar-refractivity contribution in [2.75, 3.05) is 21.3 Å². The predicted molar refractivity (Wildman–Crippen MR) is 103 cm³/mol. The van der Waals surface area contributed by atoms with E-state index in [1.807, 2.05) is 17.5 Å². The summed E-state index contributed by atoms with van der Waals surface area (Å²) in [6, 6.07) is 7.02. The third-order valence-corrected chi connectivity index (χ3v) is 4.70. The van der Waals surface area contributed by atoms with Gasteiger partial charge in [0.05, 0.1) is 33.6 Å². The first-order chi connectivity index (χ1) is 13.2. The zero-order chi connectivity index (χ0) is 19.2. The Bertz CT molecular complexity index is 903. The summed E-state index contributed by atoms with van der Waals surface area (Å²) in [5, 5.41) is 5.63. The van der Waals surface area contributed by atoms with Gasteiger partial charge in [0, 0.05) is 28.9 Å². The van der Waals surface area contributed by atoms with Crippen LogP contribution in [-0.2, 0) is 6.54 Å². The lowest BCUT2D eigenvalue weighted by atomic mass is 10.1. The number of carbonyl (C=O) groups excluding carboxylic acids is 1. The molecule has 0 unspecified atom stereocenters. The van der Waals surface area contributed by atoms with Gasteiger partial charge >= 0.3 is 0 Å². The molecule has 140 valence electrons. The van der Waals surface area contributed by atoms with Crippen LogP contribution >= 0.6 is 11.3 Å². The maximum Gasteiger partial charge on any atom is 0.251 e. The standard InChI is InChI=1S/C19H19N3O4S/c1-24-15-8-13(9-16(25-2)18(15)26-3)19(23)21-10-17-22-14(11-27-17)12-4-6-20-7-5-12/h4-9,11H,10H2,1-3H3,(H,21,23). The molecule has 2 aromatic heterocycles. The van der Waals surface area contributed by atoms with Crippen LogP contribution < -0.4 is 19.5 Å². The van der Waals surface area contributed by atoms with Gasteiger partial charge in [0.1, 0.15) is 5.01 Å². The number of rotatable bonds is 7. The summed E-state index contributed by atoms with van der Waals surface area (Å²) in [7, 11) is 4.54. The van der Waals surface area contributed by atoms with Gasteiger partial charge in [-0.25, -0.2) is 4.98 Å². The maximum atomic E-state index is 12.5. The van der Waals surface area contributed by atoms with E-state index in [-0.39, 0.29) is 5.91 Å². The molecule has 0 saturated heterocycles. The van der Waals surface area contributed by atoms with Crippen LogP contribution in [0.2, 0.25) is 0 Å². The highest BCUT2D eigenvalue weighted by atomic mass is 32.1. The fraction of sp³-hybridized carbons (Fsp3) is 0.211. The summed E-state index contributed by atoms with van der Waals surface area (Å²) in [4.78, 5) is 21.1. The molecule has 0 saturated carbocycles. The smallest absolute Gasteiger partial charge is 0.251 e. The average Bonchev–Trinajstić information content (AvgIpc) is 3.20. The van der Waals surface area contributed by atoms with Gasteiger partial charge in [0.15, 0.2) is 11.5 Å². The van der Waals surface area contributed by atoms with Gasteiger partial charge in [-0.2, -0.15) is 0 Å². The Labute approximate surface area is 161 Å². The molecule has 7 nitrogen and oxygen atoms in total. The number of pyridine rings is 1. The van der Waals surface area contributed by atoms with E-state index in [2.05, 4.69) is 15.3 Å². The molecule has 0 spiro atoms. The maximum absolute atomic E-state index is 12.5. The fourth-order valence-electron chi connectivity index (χ4n) is 2.52. The van der Waals surface area contributed by atoms with Crippen molar-refractivity contribution >= 4 is 17.2 Å². The molecule has 1 aromatic carbocycles. The molecule has 0 fully saturated rings. The Morgan fingerprint density at radius 2 is 1.74 bits per heavy atom. The molecule has 1 N–H and O–H groups in total. The Balaban J connectivity index is 1.72. The van der Waals surface area contributed by atoms with Crippen LogP contribution in [0.5, 0.6) is 17.2 Å². The molecular weight excluding hydrogens is 366 g/mol. The molecule has 0 bridgehead atoms. The monoisotopic (exact) mass is 385 g/mol. The molecule has 0 aliphatic carbocycles. The van der Waals surface area contributed by atoms with Crippen LogP contribution in [0.4, 0.5) is 0 Å². The number of benzene rings is 1. The third-order valence-electron chi connectivity index (χ3n) is 3.85. The van der Waals surface area contributed by atoms with Crippen molar-refractivity contribution in [1.29, 1.82) is 0 Å². The minimum absolute atomic E-state index is 0.255. The van der Waals surface area contributed by atoms with Crippen LogP contribution in [0.25, 0.3) is 11.3 Å². The summed E-state index contributed by atoms with van der Waals surface area (Å²) >= 11 is 1.49. The third kappa shape index (κ3) is 4.17. The minimum Gasteiger partial charge on any atom is -0.493 e. The summed E-state index contributed by atoms with van der Waals surface area (Å²) in [6.45, 7) is 0.325. The number of hydrogen-bond donors (Lipinski definition) is 1. The zero-order valence-corrected chi connectivity index (χ0v) is 16.0. The Morgan fingerprint density at radius 1 is 1.07 bits per heavy atom. The van der Waals surface area contributed by atoms with E-state index < -0.39 is 0 Å². The molecule has 0 aliphatic heterocycles. The van der Waals surface area contributed by atoms with Crippen molar-refractivity contribution in [3.8, 4) is 28.5 Å². The first-order valence-electron chi connectivity index (χ1n) is 8.09. The summed E-state index contributed by atoms with van der Waals surface area (Å²) in [6.07, 6.45) is 3.45. The zero-order valence-electron chi connectivity index (χ0n) is 15.2. The van der Waals surface area contributed by atoms with Crippen LogP contribution in [-0.4, -0.2) is 37.2 Å². The molecule has 8 heteroatoms. The number of nitrogens with zero attached hydrogens (tertiary/aromatic N) is 2. The largest absolute Gasteiger partial charge is 0.493 e. The molecule has 0 aliphatic rings. The van der Waals surface area contributed by atoms with Crippen LogP contribution in [0.15, 0.2) is 42.0 Å². The molecule has 1 amide bonds. The number of carbonyl (C=O) groups is 1. The molecular formula is C19H19N3O4S. The van der Waals surface area contributed by atoms with Crippen molar-refractivity contribution in [2.45, 2.75) is 6.54 Å². The fourth-order valence-corrected chi connectivity index (χ4v) is 3.26. The summed E-state index contributed by atoms with van der Waals surface area (Å²) < 4.78 is 15.8. The molecule has 0 radical (unpaired) electrons. The van der Waals surface area contributed by atoms with Crippen molar-refractivity contribution in [3.05, 3.63) is 52.6 Å². The number of hydrogen-bond acceptors (Lipinski definition) is 7. The second-order valence-corrected chi connectivity index (χ2v) is 6.40. The van der Waals surface area contributed by atoms with Crippen LogP contribution in [0, 0.1) is 0 Å². The second-order valence-electron chi connectivity index (χ2n) is 5.46. The van der Waals surface area contributed by atoms with E-state index in [0.717, 1.165) is 16.3 Å². The van der Waals surface area contributed by atoms with Gasteiger partial charge < -0.3 is 19.5 Å². The highest BCUT2D eigenvalue weighted by Gasteiger charge is 2.17. The predicted octanol–water partition coefficient (Wildman–Crippen LogP) is 3.16. The quantitative estimate of drug-likeness (QED) is 0.673. The van der Waals surface area contributed by atoms with Crippen LogP contribution in [0.3, 0.4) is 0 Å². The number of ether oxygens (including phenoxy) is 3. The van der Waals surface area contributed by atoms with E-state index >= 15 is 0 Å². The van der Waals surface area contributed by atoms with Crippen molar-refractivity contribution in [3.63, 3.8) is 0 Å². The molecule has 27 heavy (non-hydrogen) atoms. The average molecular weight is 385 g/mol. The van der Waals surface area contributed by atoms with Crippen LogP contribution in [0.1, 0.15) is 15.4 Å². The van der Waals surface area contributed by atoms with E-state index in [1.54, 1.807) is 24.5 Å². The van der Waals surface area contributed by atoms with Gasteiger partial charge in [0.25, 0.3) is 5.91 Å². The van der Waals surface area contributed by atoms with E-state index in [4.69, 9.17) is 14.2 Å². The highest BCUT2D eigenvalue weighted by molar-refractivity contribution is 7.09. The minimum atomic E-state index is -0.255. The van der Waals surface area contributed by atoms with Crippen molar-refractivity contribution in [1.82, 2.24) is 15.3 Å². The Morgan fingerprint density at radius 3 is 2.33 bits per heavy atom. The molecule has 3 aromatic rings. The summed E-state index contributed by atoms with van der Waals surface area (Å²) in [5.41, 5.74) is 2.26. The lowest BCUT2D eigenvalue weighted by Gasteiger charge is -2.13. The SMILES string of the molecule is COc1cc(C(=O)NCc2nc(-c3ccncc3)cs2)cc(OC)c1OC. The number of amides is 1. The van der Waals surface area contributed by atoms with E-state index in [9.17, 15) is 4.79 Å². The molecule has 0 atom stereocenters. The molecule has 3 rings (SSSR count). The first-order valence-corrected chi connectivity index (χ1v) is 8.97. The second kappa shape index (κ2) is 8.50. The lowest BCUT2D eigenvalue weighted by molar-refractivity contribution is 0.0950. The summed E-state index contributed by atoms with van der Waals surface area (Å²) in [5.74, 6) is 1.04. The van der Waals surface area contributed by atoms with Gasteiger partial charge in [-0.15, -0.1) is 11.3 Å². The number of nitrogens with one attached hydrogen (secondary N) is 1. The number of methoxy groups -OCH3 is 3. The topological polar surface area (TPSA) is 82.6 Å². The lowest BCUT2D eigenvalue weighted by Crippen LogP contribution is -2.22. The Hall–Kier alpha value is -3.13. The van der Waals surface area contributed by atoms with Crippen molar-refractivity contribution < 1.29 is 19.0 Å². The first kappa shape index (κ1) is 18.7. The van der Waals surface area contributed by atoms with Gasteiger partial charge in [-0.3, -0.25) is 9.78 Å². The number of thiazole rings is 1. The van der Waals surface area contributed by atoms with Gasteiger partial charge in [-0.1, -0.05) is 0 Å². The molecule has 2 heterocycles. The number of aromatic nitrogens is 2. The van der Waals surface area contributed by atoms with Crippen molar-refractivity contribution in [2.24, 2.45) is 0 Å². The van der Waals surface area contributed by atoms with E-state index in [1.165, 1.54) is 32.7 Å². The van der Waals surface area contributed by atoms with E-state index in [0.29, 0.717) is 29.4 Å². The van der Waals surface area contributed by atoms with Gasteiger partial charge in [0.2, 0.25) is 5.75 Å². The normalized spacial score (nSPS) is 10.3. The highest BCUT2D eigenvalue weighted by Crippen LogP contribution is 2.38.